The molecule has 2 fully saturated rings. The van der Waals surface area contributed by atoms with Gasteiger partial charge in [0.2, 0.25) is 0 Å². The molecule has 3 rings (SSSR count). The lowest BCUT2D eigenvalue weighted by Gasteiger charge is -2.32. The van der Waals surface area contributed by atoms with Gasteiger partial charge in [0.05, 0.1) is 24.9 Å². The van der Waals surface area contributed by atoms with Crippen LogP contribution < -0.4 is 0 Å². The Labute approximate surface area is 142 Å². The van der Waals surface area contributed by atoms with Crippen molar-refractivity contribution in [3.8, 4) is 0 Å². The number of fused-ring (bicyclic) bond motifs is 1. The summed E-state index contributed by atoms with van der Waals surface area (Å²) in [6.07, 6.45) is 1.81. The molecule has 1 amide bonds. The summed E-state index contributed by atoms with van der Waals surface area (Å²) in [5, 5.41) is 3.91. The van der Waals surface area contributed by atoms with Crippen LogP contribution in [0.3, 0.4) is 0 Å². The molecule has 2 saturated heterocycles. The van der Waals surface area contributed by atoms with Gasteiger partial charge >= 0.3 is 0 Å². The average Bonchev–Trinajstić information content (AvgIpc) is 3.08. The molecule has 0 N–H and O–H groups in total. The average molecular weight is 337 g/mol. The van der Waals surface area contributed by atoms with Crippen molar-refractivity contribution in [3.63, 3.8) is 0 Å². The molecule has 3 atom stereocenters. The maximum atomic E-state index is 13.0. The van der Waals surface area contributed by atoms with Gasteiger partial charge in [0, 0.05) is 13.2 Å². The molecule has 1 aromatic heterocycles. The van der Waals surface area contributed by atoms with Gasteiger partial charge in [-0.05, 0) is 40.8 Å². The molecule has 0 aliphatic carbocycles. The summed E-state index contributed by atoms with van der Waals surface area (Å²) in [4.78, 5) is 17.0. The molecule has 0 bridgehead atoms. The van der Waals surface area contributed by atoms with E-state index in [-0.39, 0.29) is 24.2 Å². The van der Waals surface area contributed by atoms with E-state index in [2.05, 4.69) is 10.1 Å². The maximum Gasteiger partial charge on any atom is 0.259 e. The van der Waals surface area contributed by atoms with Crippen molar-refractivity contribution >= 4 is 5.91 Å². The standard InChI is InChI=1S/C17H27N3O4/c1-11-15(12(2)24-18-11)17(21)20-10-14(22-9-7-19(3)4)16-13(20)6-5-8-23-16/h13-14,16H,5-10H2,1-4H3/t13-,14+,16+/m0/s1. The Morgan fingerprint density at radius 3 is 2.88 bits per heavy atom. The van der Waals surface area contributed by atoms with Gasteiger partial charge in [0.1, 0.15) is 23.5 Å². The summed E-state index contributed by atoms with van der Waals surface area (Å²) in [5.74, 6) is 0.549. The van der Waals surface area contributed by atoms with Crippen molar-refractivity contribution in [1.82, 2.24) is 15.0 Å². The SMILES string of the molecule is Cc1noc(C)c1C(=O)N1C[C@@H](OCCN(C)C)[C@@H]2OCCC[C@@H]21. The normalized spacial score (nSPS) is 26.9. The Balaban J connectivity index is 1.74. The van der Waals surface area contributed by atoms with Crippen molar-refractivity contribution in [2.45, 2.75) is 44.9 Å². The van der Waals surface area contributed by atoms with E-state index in [0.717, 1.165) is 26.0 Å². The first-order chi connectivity index (χ1) is 11.5. The molecule has 2 aliphatic rings. The van der Waals surface area contributed by atoms with E-state index in [0.29, 0.717) is 30.2 Å². The zero-order valence-electron chi connectivity index (χ0n) is 14.9. The number of ether oxygens (including phenoxy) is 2. The second-order valence-corrected chi connectivity index (χ2v) is 6.91. The van der Waals surface area contributed by atoms with Crippen molar-refractivity contribution in [2.24, 2.45) is 0 Å². The Morgan fingerprint density at radius 1 is 1.42 bits per heavy atom. The number of aromatic nitrogens is 1. The van der Waals surface area contributed by atoms with Gasteiger partial charge < -0.3 is 23.8 Å². The van der Waals surface area contributed by atoms with Crippen LogP contribution in [0.25, 0.3) is 0 Å². The van der Waals surface area contributed by atoms with Crippen LogP contribution in [0.15, 0.2) is 4.52 Å². The Kier molecular flexibility index (Phi) is 5.22. The first-order valence-corrected chi connectivity index (χ1v) is 8.61. The monoisotopic (exact) mass is 337 g/mol. The minimum atomic E-state index is -0.0697. The van der Waals surface area contributed by atoms with Crippen LogP contribution in [-0.4, -0.2) is 79.5 Å². The summed E-state index contributed by atoms with van der Waals surface area (Å²) in [6, 6.07) is 0.0734. The number of carbonyl (C=O) groups is 1. The molecular formula is C17H27N3O4. The second-order valence-electron chi connectivity index (χ2n) is 6.91. The number of nitrogens with zero attached hydrogens (tertiary/aromatic N) is 3. The predicted molar refractivity (Wildman–Crippen MR) is 88.1 cm³/mol. The van der Waals surface area contributed by atoms with Crippen LogP contribution in [-0.2, 0) is 9.47 Å². The minimum Gasteiger partial charge on any atom is -0.373 e. The molecule has 0 radical (unpaired) electrons. The summed E-state index contributed by atoms with van der Waals surface area (Å²) < 4.78 is 17.2. The largest absolute Gasteiger partial charge is 0.373 e. The summed E-state index contributed by atoms with van der Waals surface area (Å²) in [7, 11) is 4.04. The number of rotatable bonds is 5. The highest BCUT2D eigenvalue weighted by molar-refractivity contribution is 5.96. The number of carbonyl (C=O) groups excluding carboxylic acids is 1. The van der Waals surface area contributed by atoms with E-state index in [1.54, 1.807) is 13.8 Å². The Hall–Kier alpha value is -1.44. The topological polar surface area (TPSA) is 68.0 Å². The molecular weight excluding hydrogens is 310 g/mol. The summed E-state index contributed by atoms with van der Waals surface area (Å²) in [6.45, 7) is 6.37. The highest BCUT2D eigenvalue weighted by Crippen LogP contribution is 2.32. The number of likely N-dealkylation sites (N-methyl/N-ethyl adjacent to an activating group) is 1. The van der Waals surface area contributed by atoms with Gasteiger partial charge in [-0.25, -0.2) is 0 Å². The van der Waals surface area contributed by atoms with Crippen molar-refractivity contribution in [2.75, 3.05) is 40.4 Å². The van der Waals surface area contributed by atoms with Crippen LogP contribution in [0.1, 0.15) is 34.7 Å². The first kappa shape index (κ1) is 17.4. The summed E-state index contributed by atoms with van der Waals surface area (Å²) in [5.41, 5.74) is 1.22. The lowest BCUT2D eigenvalue weighted by atomic mass is 10.0. The van der Waals surface area contributed by atoms with Gasteiger partial charge in [-0.15, -0.1) is 0 Å². The van der Waals surface area contributed by atoms with E-state index in [9.17, 15) is 4.79 Å². The molecule has 0 saturated carbocycles. The van der Waals surface area contributed by atoms with Gasteiger partial charge in [0.15, 0.2) is 0 Å². The molecule has 3 heterocycles. The van der Waals surface area contributed by atoms with E-state index >= 15 is 0 Å². The lowest BCUT2D eigenvalue weighted by Crippen LogP contribution is -2.44. The Morgan fingerprint density at radius 2 is 2.21 bits per heavy atom. The number of aryl methyl sites for hydroxylation is 2. The molecule has 1 aromatic rings. The van der Waals surface area contributed by atoms with E-state index in [1.165, 1.54) is 0 Å². The second kappa shape index (κ2) is 7.21. The fourth-order valence-corrected chi connectivity index (χ4v) is 3.61. The third-order valence-electron chi connectivity index (χ3n) is 4.86. The Bertz CT molecular complexity index is 567. The summed E-state index contributed by atoms with van der Waals surface area (Å²) >= 11 is 0. The van der Waals surface area contributed by atoms with Gasteiger partial charge in [0.25, 0.3) is 5.91 Å². The number of hydrogen-bond donors (Lipinski definition) is 0. The highest BCUT2D eigenvalue weighted by atomic mass is 16.5. The van der Waals surface area contributed by atoms with Crippen LogP contribution in [0.2, 0.25) is 0 Å². The van der Waals surface area contributed by atoms with E-state index in [4.69, 9.17) is 14.0 Å². The molecule has 0 spiro atoms. The van der Waals surface area contributed by atoms with Gasteiger partial charge in [-0.3, -0.25) is 4.79 Å². The van der Waals surface area contributed by atoms with Gasteiger partial charge in [-0.1, -0.05) is 5.16 Å². The van der Waals surface area contributed by atoms with Crippen molar-refractivity contribution in [3.05, 3.63) is 17.0 Å². The van der Waals surface area contributed by atoms with Gasteiger partial charge in [-0.2, -0.15) is 0 Å². The van der Waals surface area contributed by atoms with Crippen LogP contribution in [0, 0.1) is 13.8 Å². The zero-order chi connectivity index (χ0) is 17.3. The number of amides is 1. The van der Waals surface area contributed by atoms with E-state index in [1.807, 2.05) is 19.0 Å². The molecule has 0 unspecified atom stereocenters. The molecule has 24 heavy (non-hydrogen) atoms. The third-order valence-corrected chi connectivity index (χ3v) is 4.86. The first-order valence-electron chi connectivity index (χ1n) is 8.61. The predicted octanol–water partition coefficient (Wildman–Crippen LogP) is 1.24. The third kappa shape index (κ3) is 3.34. The lowest BCUT2D eigenvalue weighted by molar-refractivity contribution is -0.0776. The molecule has 0 aromatic carbocycles. The fourth-order valence-electron chi connectivity index (χ4n) is 3.61. The fraction of sp³-hybridized carbons (Fsp3) is 0.765. The smallest absolute Gasteiger partial charge is 0.259 e. The molecule has 2 aliphatic heterocycles. The van der Waals surface area contributed by atoms with Crippen molar-refractivity contribution in [1.29, 1.82) is 0 Å². The number of hydrogen-bond acceptors (Lipinski definition) is 6. The maximum absolute atomic E-state index is 13.0. The van der Waals surface area contributed by atoms with Crippen LogP contribution in [0.5, 0.6) is 0 Å². The number of likely N-dealkylation sites (tertiary alicyclic amines) is 1. The zero-order valence-corrected chi connectivity index (χ0v) is 14.9. The molecule has 134 valence electrons. The highest BCUT2D eigenvalue weighted by Gasteiger charge is 2.47. The quantitative estimate of drug-likeness (QED) is 0.805. The van der Waals surface area contributed by atoms with Crippen molar-refractivity contribution < 1.29 is 18.8 Å². The molecule has 7 heteroatoms. The molecule has 7 nitrogen and oxygen atoms in total. The van der Waals surface area contributed by atoms with Crippen LogP contribution >= 0.6 is 0 Å². The minimum absolute atomic E-state index is 0.0227. The van der Waals surface area contributed by atoms with Crippen LogP contribution in [0.4, 0.5) is 0 Å². The van der Waals surface area contributed by atoms with E-state index < -0.39 is 0 Å².